The van der Waals surface area contributed by atoms with Gasteiger partial charge in [0, 0.05) is 25.2 Å². The number of nitrogens with one attached hydrogen (secondary N) is 2. The van der Waals surface area contributed by atoms with Crippen LogP contribution in [0.3, 0.4) is 0 Å². The summed E-state index contributed by atoms with van der Waals surface area (Å²) in [4.78, 5) is 34.0. The van der Waals surface area contributed by atoms with Gasteiger partial charge in [0.25, 0.3) is 5.56 Å². The molecule has 6 heteroatoms. The van der Waals surface area contributed by atoms with E-state index in [2.05, 4.69) is 39.2 Å². The predicted molar refractivity (Wildman–Crippen MR) is 110 cm³/mol. The lowest BCUT2D eigenvalue weighted by Gasteiger charge is -2.24. The van der Waals surface area contributed by atoms with Crippen LogP contribution in [0.2, 0.25) is 0 Å². The van der Waals surface area contributed by atoms with Gasteiger partial charge in [-0.15, -0.1) is 0 Å². The molecule has 0 aliphatic heterocycles. The Kier molecular flexibility index (Phi) is 7.58. The van der Waals surface area contributed by atoms with Gasteiger partial charge >= 0.3 is 0 Å². The standard InChI is InChI=1S/C21H30N4O2/c1-5-13-25(17-10-7-6-8-11-17)14-9-12-18(26)24-20-19(15(2)3)22-16(4)23-21(20)27/h6-8,10-11,15H,5,9,12-14H2,1-4H3,(H,24,26)(H,22,23,27). The van der Waals surface area contributed by atoms with Gasteiger partial charge < -0.3 is 15.2 Å². The average Bonchev–Trinajstić information content (AvgIpc) is 2.63. The zero-order valence-corrected chi connectivity index (χ0v) is 16.7. The SMILES string of the molecule is CCCN(CCCC(=O)Nc1c(C(C)C)nc(C)[nH]c1=O)c1ccccc1. The molecular weight excluding hydrogens is 340 g/mol. The van der Waals surface area contributed by atoms with E-state index in [4.69, 9.17) is 0 Å². The van der Waals surface area contributed by atoms with Crippen LogP contribution in [0.1, 0.15) is 57.5 Å². The first-order valence-corrected chi connectivity index (χ1v) is 9.63. The average molecular weight is 370 g/mol. The number of amides is 1. The molecule has 0 aliphatic carbocycles. The van der Waals surface area contributed by atoms with E-state index in [1.54, 1.807) is 6.92 Å². The first kappa shape index (κ1) is 20.7. The minimum Gasteiger partial charge on any atom is -0.372 e. The normalized spacial score (nSPS) is 10.9. The minimum atomic E-state index is -0.295. The maximum Gasteiger partial charge on any atom is 0.274 e. The van der Waals surface area contributed by atoms with E-state index in [-0.39, 0.29) is 23.1 Å². The molecule has 0 radical (unpaired) electrons. The van der Waals surface area contributed by atoms with E-state index in [0.29, 0.717) is 17.9 Å². The third-order valence-electron chi connectivity index (χ3n) is 4.32. The van der Waals surface area contributed by atoms with Crippen molar-refractivity contribution in [3.8, 4) is 0 Å². The number of anilines is 2. The monoisotopic (exact) mass is 370 g/mol. The summed E-state index contributed by atoms with van der Waals surface area (Å²) in [7, 11) is 0. The first-order valence-electron chi connectivity index (χ1n) is 9.63. The number of benzene rings is 1. The molecule has 0 saturated carbocycles. The topological polar surface area (TPSA) is 78.1 Å². The van der Waals surface area contributed by atoms with Crippen molar-refractivity contribution < 1.29 is 4.79 Å². The molecule has 6 nitrogen and oxygen atoms in total. The number of H-pyrrole nitrogens is 1. The van der Waals surface area contributed by atoms with E-state index in [9.17, 15) is 9.59 Å². The zero-order chi connectivity index (χ0) is 19.8. The summed E-state index contributed by atoms with van der Waals surface area (Å²) in [6, 6.07) is 10.2. The molecule has 0 spiro atoms. The van der Waals surface area contributed by atoms with Crippen LogP contribution in [-0.4, -0.2) is 29.0 Å². The molecule has 2 N–H and O–H groups in total. The second kappa shape index (κ2) is 9.90. The molecule has 0 bridgehead atoms. The summed E-state index contributed by atoms with van der Waals surface area (Å²) < 4.78 is 0. The molecule has 0 unspecified atom stereocenters. The number of rotatable bonds is 9. The Bertz CT molecular complexity index is 800. The molecule has 1 aromatic carbocycles. The van der Waals surface area contributed by atoms with Gasteiger partial charge in [-0.3, -0.25) is 9.59 Å². The highest BCUT2D eigenvalue weighted by Gasteiger charge is 2.16. The first-order chi connectivity index (χ1) is 12.9. The van der Waals surface area contributed by atoms with Gasteiger partial charge in [0.1, 0.15) is 11.5 Å². The van der Waals surface area contributed by atoms with Crippen molar-refractivity contribution in [2.75, 3.05) is 23.3 Å². The molecule has 0 atom stereocenters. The van der Waals surface area contributed by atoms with Crippen LogP contribution in [0.15, 0.2) is 35.1 Å². The summed E-state index contributed by atoms with van der Waals surface area (Å²) in [5.41, 5.74) is 1.77. The van der Waals surface area contributed by atoms with Crippen molar-refractivity contribution in [1.29, 1.82) is 0 Å². The van der Waals surface area contributed by atoms with Gasteiger partial charge in [-0.2, -0.15) is 0 Å². The van der Waals surface area contributed by atoms with Crippen molar-refractivity contribution in [2.45, 2.75) is 52.9 Å². The Labute approximate surface area is 161 Å². The highest BCUT2D eigenvalue weighted by molar-refractivity contribution is 5.91. The fraction of sp³-hybridized carbons (Fsp3) is 0.476. The molecule has 27 heavy (non-hydrogen) atoms. The number of hydrogen-bond donors (Lipinski definition) is 2. The van der Waals surface area contributed by atoms with Crippen LogP contribution in [-0.2, 0) is 4.79 Å². The lowest BCUT2D eigenvalue weighted by Crippen LogP contribution is -2.27. The van der Waals surface area contributed by atoms with Gasteiger partial charge in [-0.25, -0.2) is 4.98 Å². The molecule has 1 heterocycles. The highest BCUT2D eigenvalue weighted by atomic mass is 16.2. The van der Waals surface area contributed by atoms with Crippen LogP contribution in [0.5, 0.6) is 0 Å². The largest absolute Gasteiger partial charge is 0.372 e. The molecule has 0 saturated heterocycles. The Morgan fingerprint density at radius 2 is 1.93 bits per heavy atom. The number of aromatic nitrogens is 2. The molecular formula is C21H30N4O2. The molecule has 2 aromatic rings. The predicted octanol–water partition coefficient (Wildman–Crippen LogP) is 3.84. The number of carbonyl (C=O) groups excluding carboxylic acids is 1. The smallest absolute Gasteiger partial charge is 0.274 e. The van der Waals surface area contributed by atoms with E-state index in [1.165, 1.54) is 5.69 Å². The Morgan fingerprint density at radius 3 is 2.56 bits per heavy atom. The third-order valence-corrected chi connectivity index (χ3v) is 4.32. The quantitative estimate of drug-likeness (QED) is 0.703. The number of nitrogens with zero attached hydrogens (tertiary/aromatic N) is 2. The number of aryl methyl sites for hydroxylation is 1. The van der Waals surface area contributed by atoms with Gasteiger partial charge in [0.15, 0.2) is 0 Å². The Hall–Kier alpha value is -2.63. The fourth-order valence-corrected chi connectivity index (χ4v) is 3.06. The third kappa shape index (κ3) is 5.94. The lowest BCUT2D eigenvalue weighted by molar-refractivity contribution is -0.116. The van der Waals surface area contributed by atoms with Gasteiger partial charge in [0.2, 0.25) is 5.91 Å². The van der Waals surface area contributed by atoms with Gasteiger partial charge in [0.05, 0.1) is 5.69 Å². The second-order valence-electron chi connectivity index (χ2n) is 7.04. The maximum atomic E-state index is 12.4. The summed E-state index contributed by atoms with van der Waals surface area (Å²) in [6.45, 7) is 9.55. The van der Waals surface area contributed by atoms with Crippen LogP contribution >= 0.6 is 0 Å². The van der Waals surface area contributed by atoms with Crippen molar-refractivity contribution in [3.05, 3.63) is 52.2 Å². The highest BCUT2D eigenvalue weighted by Crippen LogP contribution is 2.19. The molecule has 0 aliphatic rings. The molecule has 1 amide bonds. The number of aromatic amines is 1. The van der Waals surface area contributed by atoms with E-state index >= 15 is 0 Å². The Balaban J connectivity index is 1.97. The fourth-order valence-electron chi connectivity index (χ4n) is 3.06. The maximum absolute atomic E-state index is 12.4. The van der Waals surface area contributed by atoms with Crippen LogP contribution < -0.4 is 15.8 Å². The van der Waals surface area contributed by atoms with Gasteiger partial charge in [-0.1, -0.05) is 39.0 Å². The Morgan fingerprint density at radius 1 is 1.22 bits per heavy atom. The molecule has 146 valence electrons. The van der Waals surface area contributed by atoms with Crippen LogP contribution in [0.4, 0.5) is 11.4 Å². The van der Waals surface area contributed by atoms with Crippen molar-refractivity contribution in [3.63, 3.8) is 0 Å². The van der Waals surface area contributed by atoms with E-state index in [1.807, 2.05) is 32.0 Å². The van der Waals surface area contributed by atoms with E-state index in [0.717, 1.165) is 25.9 Å². The van der Waals surface area contributed by atoms with Gasteiger partial charge in [-0.05, 0) is 37.8 Å². The minimum absolute atomic E-state index is 0.0550. The van der Waals surface area contributed by atoms with Crippen LogP contribution in [0.25, 0.3) is 0 Å². The second-order valence-corrected chi connectivity index (χ2v) is 7.04. The summed E-state index contributed by atoms with van der Waals surface area (Å²) >= 11 is 0. The number of para-hydroxylation sites is 1. The van der Waals surface area contributed by atoms with Crippen LogP contribution in [0, 0.1) is 6.92 Å². The van der Waals surface area contributed by atoms with Crippen molar-refractivity contribution in [2.24, 2.45) is 0 Å². The van der Waals surface area contributed by atoms with E-state index < -0.39 is 0 Å². The molecule has 0 fully saturated rings. The van der Waals surface area contributed by atoms with Crippen molar-refractivity contribution >= 4 is 17.3 Å². The molecule has 1 aromatic heterocycles. The number of hydrogen-bond acceptors (Lipinski definition) is 4. The summed E-state index contributed by atoms with van der Waals surface area (Å²) in [6.07, 6.45) is 2.12. The number of carbonyl (C=O) groups is 1. The molecule has 2 rings (SSSR count). The van der Waals surface area contributed by atoms with Crippen molar-refractivity contribution in [1.82, 2.24) is 9.97 Å². The zero-order valence-electron chi connectivity index (χ0n) is 16.7. The summed E-state index contributed by atoms with van der Waals surface area (Å²) in [5.74, 6) is 0.455. The lowest BCUT2D eigenvalue weighted by atomic mass is 10.1. The summed E-state index contributed by atoms with van der Waals surface area (Å²) in [5, 5.41) is 2.77.